The molecule has 96 valence electrons. The first-order chi connectivity index (χ1) is 8.22. The van der Waals surface area contributed by atoms with Crippen LogP contribution >= 0.6 is 23.1 Å². The molecule has 1 aromatic rings. The summed E-state index contributed by atoms with van der Waals surface area (Å²) in [4.78, 5) is 8.33. The van der Waals surface area contributed by atoms with E-state index in [1.165, 1.54) is 29.2 Å². The maximum Gasteiger partial charge on any atom is 0.185 e. The van der Waals surface area contributed by atoms with Crippen molar-refractivity contribution in [2.45, 2.75) is 31.7 Å². The number of aromatic nitrogens is 1. The molecular weight excluding hydrogens is 250 g/mol. The molecule has 2 rings (SSSR count). The molecule has 0 spiro atoms. The first-order valence-electron chi connectivity index (χ1n) is 6.17. The zero-order valence-electron chi connectivity index (χ0n) is 10.6. The number of aryl methyl sites for hydroxylation is 1. The van der Waals surface area contributed by atoms with Gasteiger partial charge in [0.05, 0.1) is 5.69 Å². The number of hydrogen-bond acceptors (Lipinski definition) is 5. The molecule has 0 saturated carbocycles. The Bertz CT molecular complexity index is 365. The van der Waals surface area contributed by atoms with Gasteiger partial charge in [0.2, 0.25) is 0 Å². The van der Waals surface area contributed by atoms with E-state index in [2.05, 4.69) is 18.2 Å². The van der Waals surface area contributed by atoms with Crippen LogP contribution in [0, 0.1) is 0 Å². The molecule has 2 N–H and O–H groups in total. The van der Waals surface area contributed by atoms with Gasteiger partial charge >= 0.3 is 0 Å². The number of fused-ring (bicyclic) bond motifs is 1. The lowest BCUT2D eigenvalue weighted by atomic mass is 9.99. The van der Waals surface area contributed by atoms with Crippen LogP contribution in [0.1, 0.15) is 35.9 Å². The van der Waals surface area contributed by atoms with Crippen LogP contribution in [0.3, 0.4) is 0 Å². The maximum atomic E-state index is 6.13. The normalized spacial score (nSPS) is 19.1. The van der Waals surface area contributed by atoms with Crippen molar-refractivity contribution < 1.29 is 0 Å². The third kappa shape index (κ3) is 3.14. The Morgan fingerprint density at radius 2 is 2.41 bits per heavy atom. The first kappa shape index (κ1) is 13.2. The SMILES string of the molecule is CSCCCN(C)c1nc2c(s1)C(N)CCC2. The molecule has 1 aromatic heterocycles. The first-order valence-corrected chi connectivity index (χ1v) is 8.38. The molecule has 17 heavy (non-hydrogen) atoms. The van der Waals surface area contributed by atoms with E-state index < -0.39 is 0 Å². The van der Waals surface area contributed by atoms with Gasteiger partial charge in [-0.15, -0.1) is 11.3 Å². The van der Waals surface area contributed by atoms with E-state index in [0.29, 0.717) is 0 Å². The van der Waals surface area contributed by atoms with Gasteiger partial charge in [0.1, 0.15) is 0 Å². The predicted octanol–water partition coefficient (Wildman–Crippen LogP) is 2.67. The molecule has 0 saturated heterocycles. The van der Waals surface area contributed by atoms with Crippen molar-refractivity contribution >= 4 is 28.2 Å². The summed E-state index contributed by atoms with van der Waals surface area (Å²) in [5.41, 5.74) is 7.38. The van der Waals surface area contributed by atoms with Crippen molar-refractivity contribution in [3.05, 3.63) is 10.6 Å². The highest BCUT2D eigenvalue weighted by Gasteiger charge is 2.22. The number of nitrogens with two attached hydrogens (primary N) is 1. The average Bonchev–Trinajstić information content (AvgIpc) is 2.75. The van der Waals surface area contributed by atoms with Gasteiger partial charge in [-0.25, -0.2) is 4.98 Å². The lowest BCUT2D eigenvalue weighted by Gasteiger charge is -2.15. The topological polar surface area (TPSA) is 42.2 Å². The number of anilines is 1. The molecule has 0 amide bonds. The Balaban J connectivity index is 2.01. The Hall–Kier alpha value is -0.260. The summed E-state index contributed by atoms with van der Waals surface area (Å²) in [5.74, 6) is 1.22. The Morgan fingerprint density at radius 1 is 1.59 bits per heavy atom. The minimum absolute atomic E-state index is 0.226. The highest BCUT2D eigenvalue weighted by atomic mass is 32.2. The fourth-order valence-corrected chi connectivity index (χ4v) is 3.70. The highest BCUT2D eigenvalue weighted by molar-refractivity contribution is 7.98. The molecule has 1 unspecified atom stereocenters. The maximum absolute atomic E-state index is 6.13. The minimum Gasteiger partial charge on any atom is -0.351 e. The van der Waals surface area contributed by atoms with Gasteiger partial charge in [-0.3, -0.25) is 0 Å². The second-order valence-electron chi connectivity index (χ2n) is 4.57. The molecule has 0 fully saturated rings. The van der Waals surface area contributed by atoms with Crippen LogP contribution in [-0.2, 0) is 6.42 Å². The van der Waals surface area contributed by atoms with E-state index in [4.69, 9.17) is 10.7 Å². The average molecular weight is 271 g/mol. The van der Waals surface area contributed by atoms with Crippen molar-refractivity contribution in [1.29, 1.82) is 0 Å². The quantitative estimate of drug-likeness (QED) is 0.836. The molecule has 0 bridgehead atoms. The molecule has 0 radical (unpaired) electrons. The van der Waals surface area contributed by atoms with Crippen LogP contribution < -0.4 is 10.6 Å². The van der Waals surface area contributed by atoms with Gasteiger partial charge in [0.15, 0.2) is 5.13 Å². The van der Waals surface area contributed by atoms with Crippen molar-refractivity contribution in [2.75, 3.05) is 30.5 Å². The zero-order chi connectivity index (χ0) is 12.3. The molecule has 1 aliphatic rings. The Morgan fingerprint density at radius 3 is 3.12 bits per heavy atom. The van der Waals surface area contributed by atoms with Gasteiger partial charge in [-0.2, -0.15) is 11.8 Å². The Labute approximate surface area is 112 Å². The van der Waals surface area contributed by atoms with Gasteiger partial charge in [-0.1, -0.05) is 0 Å². The number of nitrogens with zero attached hydrogens (tertiary/aromatic N) is 2. The summed E-state index contributed by atoms with van der Waals surface area (Å²) in [6.07, 6.45) is 6.78. The Kier molecular flexibility index (Phi) is 4.70. The molecule has 1 aliphatic carbocycles. The second kappa shape index (κ2) is 6.07. The second-order valence-corrected chi connectivity index (χ2v) is 6.57. The van der Waals surface area contributed by atoms with Crippen molar-refractivity contribution in [2.24, 2.45) is 5.73 Å². The number of thiazole rings is 1. The van der Waals surface area contributed by atoms with Crippen molar-refractivity contribution in [1.82, 2.24) is 4.98 Å². The summed E-state index contributed by atoms with van der Waals surface area (Å²) in [6.45, 7) is 1.09. The molecule has 5 heteroatoms. The molecule has 0 aliphatic heterocycles. The van der Waals surface area contributed by atoms with E-state index >= 15 is 0 Å². The monoisotopic (exact) mass is 271 g/mol. The fraction of sp³-hybridized carbons (Fsp3) is 0.750. The van der Waals surface area contributed by atoms with Gasteiger partial charge < -0.3 is 10.6 Å². The van der Waals surface area contributed by atoms with E-state index in [1.807, 2.05) is 11.8 Å². The lowest BCUT2D eigenvalue weighted by molar-refractivity contribution is 0.573. The van der Waals surface area contributed by atoms with E-state index in [9.17, 15) is 0 Å². The molecule has 0 aromatic carbocycles. The summed E-state index contributed by atoms with van der Waals surface area (Å²) in [5, 5.41) is 1.15. The van der Waals surface area contributed by atoms with E-state index in [-0.39, 0.29) is 6.04 Å². The number of thioether (sulfide) groups is 1. The predicted molar refractivity (Wildman–Crippen MR) is 78.2 cm³/mol. The van der Waals surface area contributed by atoms with E-state index in [0.717, 1.165) is 24.5 Å². The summed E-state index contributed by atoms with van der Waals surface area (Å²) in [6, 6.07) is 0.226. The summed E-state index contributed by atoms with van der Waals surface area (Å²) < 4.78 is 0. The van der Waals surface area contributed by atoms with Crippen LogP contribution in [0.5, 0.6) is 0 Å². The van der Waals surface area contributed by atoms with Crippen LogP contribution in [0.25, 0.3) is 0 Å². The zero-order valence-corrected chi connectivity index (χ0v) is 12.2. The van der Waals surface area contributed by atoms with Gasteiger partial charge in [0, 0.05) is 24.5 Å². The molecular formula is C12H21N3S2. The molecule has 3 nitrogen and oxygen atoms in total. The van der Waals surface area contributed by atoms with Crippen LogP contribution in [0.4, 0.5) is 5.13 Å². The lowest BCUT2D eigenvalue weighted by Crippen LogP contribution is -2.18. The van der Waals surface area contributed by atoms with Crippen LogP contribution in [0.15, 0.2) is 0 Å². The van der Waals surface area contributed by atoms with Crippen molar-refractivity contribution in [3.63, 3.8) is 0 Å². The van der Waals surface area contributed by atoms with Crippen LogP contribution in [-0.4, -0.2) is 30.6 Å². The minimum atomic E-state index is 0.226. The standard InChI is InChI=1S/C12H21N3S2/c1-15(7-4-8-16-2)12-14-10-6-3-5-9(13)11(10)17-12/h9H,3-8,13H2,1-2H3. The molecule has 1 heterocycles. The third-order valence-electron chi connectivity index (χ3n) is 3.15. The van der Waals surface area contributed by atoms with Crippen molar-refractivity contribution in [3.8, 4) is 0 Å². The van der Waals surface area contributed by atoms with Gasteiger partial charge in [-0.05, 0) is 37.7 Å². The summed E-state index contributed by atoms with van der Waals surface area (Å²) >= 11 is 3.70. The van der Waals surface area contributed by atoms with E-state index in [1.54, 1.807) is 11.3 Å². The molecule has 1 atom stereocenters. The van der Waals surface area contributed by atoms with Crippen LogP contribution in [0.2, 0.25) is 0 Å². The fourth-order valence-electron chi connectivity index (χ4n) is 2.14. The third-order valence-corrected chi connectivity index (χ3v) is 5.19. The highest BCUT2D eigenvalue weighted by Crippen LogP contribution is 2.35. The number of hydrogen-bond donors (Lipinski definition) is 1. The largest absolute Gasteiger partial charge is 0.351 e. The summed E-state index contributed by atoms with van der Waals surface area (Å²) in [7, 11) is 2.14. The van der Waals surface area contributed by atoms with Gasteiger partial charge in [0.25, 0.3) is 0 Å². The number of rotatable bonds is 5. The smallest absolute Gasteiger partial charge is 0.185 e.